The third-order valence-corrected chi connectivity index (χ3v) is 18.7. The van der Waals surface area contributed by atoms with Gasteiger partial charge in [0.15, 0.2) is 0 Å². The van der Waals surface area contributed by atoms with Crippen LogP contribution in [0.3, 0.4) is 0 Å². The third kappa shape index (κ3) is 31.1. The Morgan fingerprint density at radius 3 is 1.26 bits per heavy atom. The fraction of sp³-hybridized carbons (Fsp3) is 0.941. The number of rotatable bonds is 27. The van der Waals surface area contributed by atoms with E-state index < -0.39 is 31.7 Å². The number of esters is 2. The molecule has 0 bridgehead atoms. The molecule has 0 aliphatic rings. The van der Waals surface area contributed by atoms with Gasteiger partial charge in [-0.15, -0.1) is 0 Å². The number of hydrogen-bond donors (Lipinski definition) is 1. The van der Waals surface area contributed by atoms with Crippen LogP contribution in [0.25, 0.3) is 0 Å². The molecule has 5 heteroatoms. The molecule has 39 heavy (non-hydrogen) atoms. The summed E-state index contributed by atoms with van der Waals surface area (Å²) in [5, 5.41) is 0. The standard InChI is InChI=1S/C10H18O3S.3C8H17.Sn.H/c1-3-5-6-8(4-2)10(12)13-9(11)7-14;3*1-3-5-7-8-6-4-2;;/h8,14H,3-7H2,1-2H3;3*1,3-8H2,2H3;;. The first kappa shape index (κ1) is 41.4. The Labute approximate surface area is 258 Å². The van der Waals surface area contributed by atoms with Crippen LogP contribution in [0.15, 0.2) is 0 Å². The minimum atomic E-state index is -1.16. The van der Waals surface area contributed by atoms with E-state index in [1.165, 1.54) is 77.0 Å². The summed E-state index contributed by atoms with van der Waals surface area (Å²) in [5.74, 6) is -1.15. The van der Waals surface area contributed by atoms with E-state index in [4.69, 9.17) is 0 Å². The summed E-state index contributed by atoms with van der Waals surface area (Å²) < 4.78 is 9.80. The first-order valence-electron chi connectivity index (χ1n) is 17.4. The van der Waals surface area contributed by atoms with Crippen LogP contribution in [0.1, 0.15) is 176 Å². The molecule has 0 aliphatic carbocycles. The van der Waals surface area contributed by atoms with Crippen molar-refractivity contribution in [2.24, 2.45) is 5.92 Å². The molecule has 0 saturated heterocycles. The zero-order valence-corrected chi connectivity index (χ0v) is 31.4. The van der Waals surface area contributed by atoms with Crippen molar-refractivity contribution in [1.82, 2.24) is 0 Å². The van der Waals surface area contributed by atoms with Crippen molar-refractivity contribution in [2.75, 3.05) is 5.75 Å². The minimum absolute atomic E-state index is 0.0457. The molecule has 0 spiro atoms. The zero-order valence-electron chi connectivity index (χ0n) is 27.2. The van der Waals surface area contributed by atoms with Gasteiger partial charge in [-0.05, 0) is 12.8 Å². The fourth-order valence-corrected chi connectivity index (χ4v) is 15.2. The monoisotopic (exact) mass is 678 g/mol. The number of hydrogen-bond acceptors (Lipinski definition) is 4. The van der Waals surface area contributed by atoms with Crippen molar-refractivity contribution in [3.63, 3.8) is 0 Å². The third-order valence-electron chi connectivity index (χ3n) is 7.97. The van der Waals surface area contributed by atoms with Gasteiger partial charge in [-0.2, -0.15) is 12.6 Å². The summed E-state index contributed by atoms with van der Waals surface area (Å²) in [6.45, 7) is 11.0. The van der Waals surface area contributed by atoms with Gasteiger partial charge < -0.3 is 4.74 Å². The molecule has 0 aromatic heterocycles. The molecule has 0 heterocycles. The van der Waals surface area contributed by atoms with Crippen LogP contribution in [-0.4, -0.2) is 37.5 Å². The second-order valence-electron chi connectivity index (χ2n) is 11.7. The zero-order chi connectivity index (χ0) is 29.4. The van der Waals surface area contributed by atoms with Gasteiger partial charge in [0.2, 0.25) is 0 Å². The van der Waals surface area contributed by atoms with E-state index in [1.54, 1.807) is 51.8 Å². The van der Waals surface area contributed by atoms with Crippen LogP contribution in [-0.2, 0) is 14.3 Å². The van der Waals surface area contributed by atoms with Crippen molar-refractivity contribution in [2.45, 2.75) is 189 Å². The van der Waals surface area contributed by atoms with Gasteiger partial charge in [0.25, 0.3) is 0 Å². The molecule has 1 unspecified atom stereocenters. The molecule has 0 amide bonds. The van der Waals surface area contributed by atoms with Gasteiger partial charge in [-0.25, -0.2) is 0 Å². The summed E-state index contributed by atoms with van der Waals surface area (Å²) in [6.07, 6.45) is 30.5. The predicted octanol–water partition coefficient (Wildman–Crippen LogP) is 11.5. The van der Waals surface area contributed by atoms with E-state index in [2.05, 4.69) is 45.1 Å². The molecule has 3 nitrogen and oxygen atoms in total. The second kappa shape index (κ2) is 34.5. The van der Waals surface area contributed by atoms with Gasteiger partial charge in [0.05, 0.1) is 11.7 Å². The van der Waals surface area contributed by atoms with Crippen molar-refractivity contribution in [3.8, 4) is 0 Å². The first-order valence-corrected chi connectivity index (χ1v) is 25.0. The first-order chi connectivity index (χ1) is 19.0. The summed E-state index contributed by atoms with van der Waals surface area (Å²) in [7, 11) is 0. The van der Waals surface area contributed by atoms with Gasteiger partial charge in [-0.1, -0.05) is 26.7 Å². The molecule has 1 atom stereocenters. The predicted molar refractivity (Wildman–Crippen MR) is 180 cm³/mol. The molecule has 234 valence electrons. The molecule has 0 radical (unpaired) electrons. The van der Waals surface area contributed by atoms with Gasteiger partial charge in [0, 0.05) is 0 Å². The normalized spacial score (nSPS) is 11.8. The maximum absolute atomic E-state index is 11.4. The van der Waals surface area contributed by atoms with Crippen LogP contribution in [0.2, 0.25) is 13.3 Å². The quantitative estimate of drug-likeness (QED) is 0.0309. The van der Waals surface area contributed by atoms with Crippen LogP contribution in [0, 0.1) is 5.92 Å². The fourth-order valence-electron chi connectivity index (χ4n) is 5.24. The van der Waals surface area contributed by atoms with Gasteiger partial charge >= 0.3 is 181 Å². The molecule has 0 aliphatic heterocycles. The van der Waals surface area contributed by atoms with Gasteiger partial charge in [-0.3, -0.25) is 9.59 Å². The van der Waals surface area contributed by atoms with Crippen molar-refractivity contribution < 1.29 is 14.3 Å². The Bertz CT molecular complexity index is 477. The van der Waals surface area contributed by atoms with Crippen LogP contribution in [0.4, 0.5) is 0 Å². The molecule has 0 fully saturated rings. The maximum atomic E-state index is 11.4. The van der Waals surface area contributed by atoms with E-state index in [9.17, 15) is 9.59 Å². The topological polar surface area (TPSA) is 43.4 Å². The summed E-state index contributed by atoms with van der Waals surface area (Å²) in [5.41, 5.74) is 0. The van der Waals surface area contributed by atoms with Crippen molar-refractivity contribution in [1.29, 1.82) is 0 Å². The van der Waals surface area contributed by atoms with E-state index in [1.807, 2.05) is 6.92 Å². The molecule has 0 N–H and O–H groups in total. The number of unbranched alkanes of at least 4 members (excludes halogenated alkanes) is 16. The Kier molecular flexibility index (Phi) is 36.6. The molecule has 0 aromatic carbocycles. The SMILES string of the molecule is CCCCC(CC)C(=O)OC(=O)CS.CCCCCCC[CH2][SnH]([CH2]CCCCCCC)[CH2]CCCCCCC. The van der Waals surface area contributed by atoms with Crippen molar-refractivity contribution >= 4 is 44.3 Å². The number of carbonyl (C=O) groups is 2. The van der Waals surface area contributed by atoms with Gasteiger partial charge in [0.1, 0.15) is 0 Å². The van der Waals surface area contributed by atoms with Crippen LogP contribution < -0.4 is 0 Å². The molecular formula is C34H70O3SSn. The van der Waals surface area contributed by atoms with E-state index in [0.29, 0.717) is 0 Å². The summed E-state index contributed by atoms with van der Waals surface area (Å²) in [4.78, 5) is 22.2. The van der Waals surface area contributed by atoms with E-state index >= 15 is 0 Å². The Morgan fingerprint density at radius 2 is 0.923 bits per heavy atom. The van der Waals surface area contributed by atoms with Crippen molar-refractivity contribution in [3.05, 3.63) is 0 Å². The van der Waals surface area contributed by atoms with E-state index in [0.717, 1.165) is 25.7 Å². The average Bonchev–Trinajstić information content (AvgIpc) is 2.94. The summed E-state index contributed by atoms with van der Waals surface area (Å²) in [6, 6.07) is 0. The van der Waals surface area contributed by atoms with Crippen LogP contribution >= 0.6 is 12.6 Å². The molecular weight excluding hydrogens is 607 g/mol. The molecule has 0 rings (SSSR count). The molecule has 0 aromatic rings. The molecule has 0 saturated carbocycles. The Morgan fingerprint density at radius 1 is 0.564 bits per heavy atom. The Hall–Kier alpha value is 0.289. The number of carbonyl (C=O) groups excluding carboxylic acids is 2. The Balaban J connectivity index is 0. The second-order valence-corrected chi connectivity index (χ2v) is 21.9. The van der Waals surface area contributed by atoms with Crippen LogP contribution in [0.5, 0.6) is 0 Å². The number of thiol groups is 1. The summed E-state index contributed by atoms with van der Waals surface area (Å²) >= 11 is 2.58. The number of ether oxygens (including phenoxy) is 1. The average molecular weight is 678 g/mol. The van der Waals surface area contributed by atoms with E-state index in [-0.39, 0.29) is 11.7 Å².